The molecule has 13 heavy (non-hydrogen) atoms. The molecule has 0 N–H and O–H groups in total. The van der Waals surface area contributed by atoms with Gasteiger partial charge in [0, 0.05) is 0 Å². The summed E-state index contributed by atoms with van der Waals surface area (Å²) < 4.78 is 30.9. The first kappa shape index (κ1) is 13.4. The molecular formula is C6H18O6W. The Morgan fingerprint density at radius 1 is 0.462 bits per heavy atom. The summed E-state index contributed by atoms with van der Waals surface area (Å²) in [5, 5.41) is 0. The molecule has 0 radical (unpaired) electrons. The molecule has 0 aromatic heterocycles. The van der Waals surface area contributed by atoms with Crippen LogP contribution in [0.2, 0.25) is 0 Å². The van der Waals surface area contributed by atoms with Gasteiger partial charge in [-0.3, -0.25) is 0 Å². The summed E-state index contributed by atoms with van der Waals surface area (Å²) in [5.41, 5.74) is 0. The number of rotatable bonds is 6. The Bertz CT molecular complexity index is 127. The molecule has 0 rings (SSSR count). The van der Waals surface area contributed by atoms with Crippen LogP contribution in [0, 0.1) is 0 Å². The summed E-state index contributed by atoms with van der Waals surface area (Å²) in [7, 11) is 8.09. The van der Waals surface area contributed by atoms with E-state index in [9.17, 15) is 0 Å². The SMILES string of the molecule is C[O][W]([O]C)([O]C)([O]C)([O]C)[O]C. The molecule has 0 saturated carbocycles. The Hall–Kier alpha value is 0.448. The first-order valence-corrected chi connectivity index (χ1v) is 10.6. The predicted molar refractivity (Wildman–Crippen MR) is 42.1 cm³/mol. The Morgan fingerprint density at radius 3 is 0.615 bits per heavy atom. The van der Waals surface area contributed by atoms with Crippen LogP contribution in [0.15, 0.2) is 0 Å². The van der Waals surface area contributed by atoms with E-state index in [1.165, 1.54) is 42.7 Å². The van der Waals surface area contributed by atoms with Crippen LogP contribution in [0.1, 0.15) is 0 Å². The topological polar surface area (TPSA) is 55.4 Å². The fourth-order valence-electron chi connectivity index (χ4n) is 1.02. The predicted octanol–water partition coefficient (Wildman–Crippen LogP) is 0.580. The number of hydrogen-bond donors (Lipinski definition) is 0. The van der Waals surface area contributed by atoms with Gasteiger partial charge in [-0.05, 0) is 0 Å². The summed E-state index contributed by atoms with van der Waals surface area (Å²) >= 11 is -5.70. The summed E-state index contributed by atoms with van der Waals surface area (Å²) in [6, 6.07) is 0. The maximum atomic E-state index is 5.15. The molecule has 0 aliphatic carbocycles. The van der Waals surface area contributed by atoms with Crippen LogP contribution < -0.4 is 0 Å². The molecular weight excluding hydrogens is 352 g/mol. The Balaban J connectivity index is 5.51. The average molecular weight is 370 g/mol. The van der Waals surface area contributed by atoms with Gasteiger partial charge in [-0.1, -0.05) is 0 Å². The fourth-order valence-corrected chi connectivity index (χ4v) is 8.35. The summed E-state index contributed by atoms with van der Waals surface area (Å²) in [6.07, 6.45) is 0. The Kier molecular flexibility index (Phi) is 3.67. The minimum atomic E-state index is -5.70. The van der Waals surface area contributed by atoms with Crippen LogP contribution in [-0.2, 0) is 36.2 Å². The van der Waals surface area contributed by atoms with Crippen molar-refractivity contribution in [1.29, 1.82) is 0 Å². The second-order valence-corrected chi connectivity index (χ2v) is 16.5. The van der Waals surface area contributed by atoms with Crippen molar-refractivity contribution < 1.29 is 36.2 Å². The van der Waals surface area contributed by atoms with Gasteiger partial charge in [-0.25, -0.2) is 0 Å². The molecule has 0 aromatic carbocycles. The van der Waals surface area contributed by atoms with E-state index in [2.05, 4.69) is 0 Å². The van der Waals surface area contributed by atoms with Gasteiger partial charge >= 0.3 is 78.8 Å². The van der Waals surface area contributed by atoms with Gasteiger partial charge in [0.25, 0.3) is 0 Å². The van der Waals surface area contributed by atoms with E-state index in [1.807, 2.05) is 0 Å². The monoisotopic (exact) mass is 370 g/mol. The summed E-state index contributed by atoms with van der Waals surface area (Å²) in [6.45, 7) is 0. The van der Waals surface area contributed by atoms with E-state index in [-0.39, 0.29) is 0 Å². The van der Waals surface area contributed by atoms with Gasteiger partial charge < -0.3 is 0 Å². The van der Waals surface area contributed by atoms with Gasteiger partial charge in [-0.2, -0.15) is 0 Å². The van der Waals surface area contributed by atoms with Crippen molar-refractivity contribution in [3.63, 3.8) is 0 Å². The standard InChI is InChI=1S/6CH3O.W/c6*1-2;/h6*1H3;/q6*-1;+6. The average Bonchev–Trinajstić information content (AvgIpc) is 2.26. The van der Waals surface area contributed by atoms with Crippen LogP contribution in [0.25, 0.3) is 0 Å². The van der Waals surface area contributed by atoms with Crippen molar-refractivity contribution in [3.05, 3.63) is 0 Å². The Morgan fingerprint density at radius 2 is 0.615 bits per heavy atom. The zero-order valence-corrected chi connectivity index (χ0v) is 11.8. The molecule has 0 fully saturated rings. The molecule has 0 heterocycles. The summed E-state index contributed by atoms with van der Waals surface area (Å²) in [5.74, 6) is 0. The van der Waals surface area contributed by atoms with Crippen LogP contribution in [0.5, 0.6) is 0 Å². The van der Waals surface area contributed by atoms with Gasteiger partial charge in [0.05, 0.1) is 0 Å². The van der Waals surface area contributed by atoms with Gasteiger partial charge in [0.1, 0.15) is 0 Å². The third-order valence-electron chi connectivity index (χ3n) is 2.04. The normalized spacial score (nSPS) is 18.0. The van der Waals surface area contributed by atoms with Gasteiger partial charge in [0.2, 0.25) is 0 Å². The zero-order valence-electron chi connectivity index (χ0n) is 8.86. The van der Waals surface area contributed by atoms with Crippen LogP contribution in [-0.4, -0.2) is 42.7 Å². The molecule has 84 valence electrons. The van der Waals surface area contributed by atoms with Gasteiger partial charge in [-0.15, -0.1) is 0 Å². The van der Waals surface area contributed by atoms with E-state index in [0.29, 0.717) is 0 Å². The molecule has 0 aliphatic heterocycles. The third-order valence-corrected chi connectivity index (χ3v) is 16.7. The van der Waals surface area contributed by atoms with Crippen LogP contribution >= 0.6 is 0 Å². The van der Waals surface area contributed by atoms with Crippen molar-refractivity contribution >= 4 is 0 Å². The molecule has 6 nitrogen and oxygen atoms in total. The molecule has 0 atom stereocenters. The first-order chi connectivity index (χ1) is 5.97. The third kappa shape index (κ3) is 1.47. The summed E-state index contributed by atoms with van der Waals surface area (Å²) in [4.78, 5) is 0. The first-order valence-electron chi connectivity index (χ1n) is 3.45. The molecule has 7 heteroatoms. The van der Waals surface area contributed by atoms with E-state index < -0.39 is 15.8 Å². The Labute approximate surface area is 79.2 Å². The maximum absolute atomic E-state index is 5.70. The van der Waals surface area contributed by atoms with Crippen molar-refractivity contribution in [2.75, 3.05) is 42.7 Å². The molecule has 0 aromatic rings. The second kappa shape index (κ2) is 3.55. The van der Waals surface area contributed by atoms with E-state index in [0.717, 1.165) is 0 Å². The van der Waals surface area contributed by atoms with E-state index in [4.69, 9.17) is 20.3 Å². The molecule has 0 unspecified atom stereocenters. The second-order valence-electron chi connectivity index (χ2n) is 2.02. The van der Waals surface area contributed by atoms with E-state index >= 15 is 0 Å². The van der Waals surface area contributed by atoms with Gasteiger partial charge in [0.15, 0.2) is 0 Å². The van der Waals surface area contributed by atoms with Crippen molar-refractivity contribution in [2.45, 2.75) is 0 Å². The molecule has 0 bridgehead atoms. The molecule has 0 saturated heterocycles. The number of hydrogen-bond acceptors (Lipinski definition) is 6. The fraction of sp³-hybridized carbons (Fsp3) is 1.00. The van der Waals surface area contributed by atoms with E-state index in [1.54, 1.807) is 0 Å². The molecule has 0 spiro atoms. The zero-order chi connectivity index (χ0) is 10.7. The van der Waals surface area contributed by atoms with Crippen LogP contribution in [0.4, 0.5) is 0 Å². The van der Waals surface area contributed by atoms with Crippen molar-refractivity contribution in [1.82, 2.24) is 0 Å². The quantitative estimate of drug-likeness (QED) is 0.682. The molecule has 0 aliphatic rings. The van der Waals surface area contributed by atoms with Crippen molar-refractivity contribution in [2.24, 2.45) is 0 Å². The minimum absolute atomic E-state index is 1.35. The molecule has 0 amide bonds. The van der Waals surface area contributed by atoms with Crippen molar-refractivity contribution in [3.8, 4) is 0 Å². The van der Waals surface area contributed by atoms with Crippen LogP contribution in [0.3, 0.4) is 0 Å².